The lowest BCUT2D eigenvalue weighted by molar-refractivity contribution is 0.744. The van der Waals surface area contributed by atoms with Gasteiger partial charge in [-0.05, 0) is 30.2 Å². The summed E-state index contributed by atoms with van der Waals surface area (Å²) < 4.78 is 0. The van der Waals surface area contributed by atoms with Crippen LogP contribution in [0.4, 0.5) is 5.69 Å². The standard InChI is InChI=1S/C14H19N3/c1-2-3-4-10-15-13-7-5-12(6-8-13)14-9-11-16-17-14/h5-9,11,15H,2-4,10H2,1H3,(H,16,17). The van der Waals surface area contributed by atoms with Gasteiger partial charge in [-0.25, -0.2) is 0 Å². The molecule has 0 saturated carbocycles. The summed E-state index contributed by atoms with van der Waals surface area (Å²) in [6.45, 7) is 3.27. The maximum Gasteiger partial charge on any atom is 0.0650 e. The fourth-order valence-electron chi connectivity index (χ4n) is 1.79. The van der Waals surface area contributed by atoms with Crippen molar-refractivity contribution in [1.82, 2.24) is 10.2 Å². The summed E-state index contributed by atoms with van der Waals surface area (Å²) in [4.78, 5) is 0. The van der Waals surface area contributed by atoms with Gasteiger partial charge in [0.05, 0.1) is 5.69 Å². The summed E-state index contributed by atoms with van der Waals surface area (Å²) in [5.41, 5.74) is 3.41. The summed E-state index contributed by atoms with van der Waals surface area (Å²) in [7, 11) is 0. The van der Waals surface area contributed by atoms with Crippen molar-refractivity contribution >= 4 is 5.69 Å². The molecule has 1 heterocycles. The van der Waals surface area contributed by atoms with Crippen molar-refractivity contribution in [3.63, 3.8) is 0 Å². The Balaban J connectivity index is 1.90. The van der Waals surface area contributed by atoms with Crippen LogP contribution in [0.2, 0.25) is 0 Å². The van der Waals surface area contributed by atoms with Gasteiger partial charge in [-0.2, -0.15) is 5.10 Å². The molecule has 90 valence electrons. The summed E-state index contributed by atoms with van der Waals surface area (Å²) in [6.07, 6.45) is 5.56. The first kappa shape index (κ1) is 11.7. The molecule has 3 heteroatoms. The lowest BCUT2D eigenvalue weighted by Gasteiger charge is -2.06. The normalized spacial score (nSPS) is 10.4. The molecule has 0 saturated heterocycles. The Morgan fingerprint density at radius 2 is 1.94 bits per heavy atom. The van der Waals surface area contributed by atoms with Crippen molar-refractivity contribution in [2.24, 2.45) is 0 Å². The Hall–Kier alpha value is -1.77. The zero-order chi connectivity index (χ0) is 11.9. The number of rotatable bonds is 6. The van der Waals surface area contributed by atoms with Gasteiger partial charge in [0.15, 0.2) is 0 Å². The fraction of sp³-hybridized carbons (Fsp3) is 0.357. The molecule has 0 radical (unpaired) electrons. The number of hydrogen-bond donors (Lipinski definition) is 2. The van der Waals surface area contributed by atoms with Crippen LogP contribution in [0.25, 0.3) is 11.3 Å². The van der Waals surface area contributed by atoms with Crippen molar-refractivity contribution in [2.45, 2.75) is 26.2 Å². The number of aromatic nitrogens is 2. The second-order valence-electron chi connectivity index (χ2n) is 4.18. The van der Waals surface area contributed by atoms with Crippen molar-refractivity contribution in [1.29, 1.82) is 0 Å². The van der Waals surface area contributed by atoms with Crippen molar-refractivity contribution < 1.29 is 0 Å². The highest BCUT2D eigenvalue weighted by molar-refractivity contribution is 5.62. The predicted octanol–water partition coefficient (Wildman–Crippen LogP) is 3.68. The molecular formula is C14H19N3. The summed E-state index contributed by atoms with van der Waals surface area (Å²) in [5.74, 6) is 0. The van der Waals surface area contributed by atoms with E-state index in [1.54, 1.807) is 6.20 Å². The SMILES string of the molecule is CCCCCNc1ccc(-c2ccn[nH]2)cc1. The van der Waals surface area contributed by atoms with E-state index in [0.717, 1.165) is 12.2 Å². The first-order valence-corrected chi connectivity index (χ1v) is 6.24. The second-order valence-corrected chi connectivity index (χ2v) is 4.18. The van der Waals surface area contributed by atoms with E-state index >= 15 is 0 Å². The molecule has 0 fully saturated rings. The van der Waals surface area contributed by atoms with Crippen LogP contribution in [0.5, 0.6) is 0 Å². The minimum atomic E-state index is 1.05. The van der Waals surface area contributed by atoms with Crippen LogP contribution in [-0.2, 0) is 0 Å². The van der Waals surface area contributed by atoms with Gasteiger partial charge in [-0.3, -0.25) is 5.10 Å². The van der Waals surface area contributed by atoms with Crippen molar-refractivity contribution in [3.8, 4) is 11.3 Å². The third-order valence-electron chi connectivity index (χ3n) is 2.81. The first-order chi connectivity index (χ1) is 8.40. The summed E-state index contributed by atoms with van der Waals surface area (Å²) in [5, 5.41) is 10.3. The fourth-order valence-corrected chi connectivity index (χ4v) is 1.79. The van der Waals surface area contributed by atoms with Gasteiger partial charge in [-0.15, -0.1) is 0 Å². The average Bonchev–Trinajstić information content (AvgIpc) is 2.89. The molecule has 2 rings (SSSR count). The molecule has 1 aromatic heterocycles. The Labute approximate surface area is 102 Å². The Morgan fingerprint density at radius 3 is 2.59 bits per heavy atom. The number of nitrogens with zero attached hydrogens (tertiary/aromatic N) is 1. The Bertz CT molecular complexity index is 417. The number of anilines is 1. The number of H-pyrrole nitrogens is 1. The van der Waals surface area contributed by atoms with Gasteiger partial charge in [0.2, 0.25) is 0 Å². The summed E-state index contributed by atoms with van der Waals surface area (Å²) >= 11 is 0. The van der Waals surface area contributed by atoms with E-state index in [0.29, 0.717) is 0 Å². The van der Waals surface area contributed by atoms with Crippen molar-refractivity contribution in [2.75, 3.05) is 11.9 Å². The smallest absolute Gasteiger partial charge is 0.0650 e. The van der Waals surface area contributed by atoms with Gasteiger partial charge in [0.1, 0.15) is 0 Å². The minimum absolute atomic E-state index is 1.05. The van der Waals surface area contributed by atoms with Crippen molar-refractivity contribution in [3.05, 3.63) is 36.5 Å². The lowest BCUT2D eigenvalue weighted by atomic mass is 10.1. The molecule has 0 aliphatic heterocycles. The van der Waals surface area contributed by atoms with Gasteiger partial charge >= 0.3 is 0 Å². The van der Waals surface area contributed by atoms with Gasteiger partial charge in [-0.1, -0.05) is 31.9 Å². The molecule has 2 N–H and O–H groups in total. The van der Waals surface area contributed by atoms with E-state index < -0.39 is 0 Å². The van der Waals surface area contributed by atoms with E-state index in [4.69, 9.17) is 0 Å². The maximum atomic E-state index is 3.95. The molecule has 0 aliphatic carbocycles. The van der Waals surface area contributed by atoms with Crippen LogP contribution in [0.15, 0.2) is 36.5 Å². The van der Waals surface area contributed by atoms with Gasteiger partial charge < -0.3 is 5.32 Å². The third kappa shape index (κ3) is 3.34. The van der Waals surface area contributed by atoms with E-state index in [1.165, 1.54) is 30.5 Å². The number of aromatic amines is 1. The molecule has 0 aliphatic rings. The molecular weight excluding hydrogens is 210 g/mol. The quantitative estimate of drug-likeness (QED) is 0.742. The molecule has 17 heavy (non-hydrogen) atoms. The number of unbranched alkanes of at least 4 members (excludes halogenated alkanes) is 2. The van der Waals surface area contributed by atoms with Crippen LogP contribution in [0.3, 0.4) is 0 Å². The first-order valence-electron chi connectivity index (χ1n) is 6.24. The molecule has 0 amide bonds. The molecule has 0 unspecified atom stereocenters. The van der Waals surface area contributed by atoms with E-state index in [-0.39, 0.29) is 0 Å². The van der Waals surface area contributed by atoms with Crippen LogP contribution < -0.4 is 5.32 Å². The molecule has 3 nitrogen and oxygen atoms in total. The maximum absolute atomic E-state index is 3.95. The number of nitrogens with one attached hydrogen (secondary N) is 2. The minimum Gasteiger partial charge on any atom is -0.385 e. The monoisotopic (exact) mass is 229 g/mol. The highest BCUT2D eigenvalue weighted by Crippen LogP contribution is 2.18. The van der Waals surface area contributed by atoms with Gasteiger partial charge in [0, 0.05) is 18.4 Å². The Kier molecular flexibility index (Phi) is 4.19. The highest BCUT2D eigenvalue weighted by Gasteiger charge is 1.98. The third-order valence-corrected chi connectivity index (χ3v) is 2.81. The predicted molar refractivity (Wildman–Crippen MR) is 72.0 cm³/mol. The second kappa shape index (κ2) is 6.09. The lowest BCUT2D eigenvalue weighted by Crippen LogP contribution is -2.00. The topological polar surface area (TPSA) is 40.7 Å². The van der Waals surface area contributed by atoms with Crippen LogP contribution in [0.1, 0.15) is 26.2 Å². The Morgan fingerprint density at radius 1 is 1.12 bits per heavy atom. The van der Waals surface area contributed by atoms with E-state index in [9.17, 15) is 0 Å². The van der Waals surface area contributed by atoms with E-state index in [1.807, 2.05) is 6.07 Å². The van der Waals surface area contributed by atoms with E-state index in [2.05, 4.69) is 46.7 Å². The number of hydrogen-bond acceptors (Lipinski definition) is 2. The zero-order valence-corrected chi connectivity index (χ0v) is 10.2. The highest BCUT2D eigenvalue weighted by atomic mass is 15.1. The molecule has 1 aromatic carbocycles. The largest absolute Gasteiger partial charge is 0.385 e. The molecule has 0 atom stereocenters. The molecule has 0 bridgehead atoms. The molecule has 2 aromatic rings. The summed E-state index contributed by atoms with van der Waals surface area (Å²) in [6, 6.07) is 10.4. The average molecular weight is 229 g/mol. The van der Waals surface area contributed by atoms with Crippen LogP contribution >= 0.6 is 0 Å². The van der Waals surface area contributed by atoms with Crippen LogP contribution in [0, 0.1) is 0 Å². The molecule has 0 spiro atoms. The van der Waals surface area contributed by atoms with Gasteiger partial charge in [0.25, 0.3) is 0 Å². The number of benzene rings is 1. The van der Waals surface area contributed by atoms with Crippen LogP contribution in [-0.4, -0.2) is 16.7 Å². The zero-order valence-electron chi connectivity index (χ0n) is 10.2.